The molecule has 3 rings (SSSR count). The first-order valence-electron chi connectivity index (χ1n) is 6.13. The van der Waals surface area contributed by atoms with E-state index in [-0.39, 0.29) is 5.82 Å². The lowest BCUT2D eigenvalue weighted by molar-refractivity contribution is 0.400. The summed E-state index contributed by atoms with van der Waals surface area (Å²) in [6.07, 6.45) is 0. The van der Waals surface area contributed by atoms with E-state index >= 15 is 0 Å². The predicted octanol–water partition coefficient (Wildman–Crippen LogP) is 5.22. The van der Waals surface area contributed by atoms with Crippen LogP contribution in [0.4, 0.5) is 4.39 Å². The number of halogens is 2. The van der Waals surface area contributed by atoms with Crippen molar-refractivity contribution in [3.05, 3.63) is 64.6 Å². The van der Waals surface area contributed by atoms with Gasteiger partial charge in [-0.2, -0.15) is 0 Å². The Morgan fingerprint density at radius 2 is 1.80 bits per heavy atom. The Balaban J connectivity index is 2.17. The minimum atomic E-state index is -0.273. The van der Waals surface area contributed by atoms with Gasteiger partial charge in [0.1, 0.15) is 17.3 Å². The van der Waals surface area contributed by atoms with Crippen molar-refractivity contribution >= 4 is 15.9 Å². The molecule has 0 fully saturated rings. The summed E-state index contributed by atoms with van der Waals surface area (Å²) in [5.74, 6) is 0.401. The molecule has 0 aliphatic carbocycles. The topological polar surface area (TPSA) is 26.0 Å². The Morgan fingerprint density at radius 3 is 2.50 bits per heavy atom. The highest BCUT2D eigenvalue weighted by atomic mass is 79.9. The molecule has 0 aliphatic rings. The molecule has 0 N–H and O–H groups in total. The van der Waals surface area contributed by atoms with Gasteiger partial charge in [-0.05, 0) is 36.8 Å². The fourth-order valence-corrected chi connectivity index (χ4v) is 2.43. The molecule has 2 nitrogen and oxygen atoms in total. The van der Waals surface area contributed by atoms with E-state index in [9.17, 15) is 4.39 Å². The molecule has 0 saturated heterocycles. The first-order chi connectivity index (χ1) is 9.65. The third-order valence-corrected chi connectivity index (χ3v) is 3.62. The molecule has 1 aromatic heterocycles. The lowest BCUT2D eigenvalue weighted by Crippen LogP contribution is -1.85. The van der Waals surface area contributed by atoms with Gasteiger partial charge in [0.2, 0.25) is 0 Å². The second kappa shape index (κ2) is 5.21. The third-order valence-electron chi connectivity index (χ3n) is 3.09. The highest BCUT2D eigenvalue weighted by Crippen LogP contribution is 2.34. The second-order valence-corrected chi connectivity index (χ2v) is 5.40. The van der Waals surface area contributed by atoms with Gasteiger partial charge in [0.25, 0.3) is 0 Å². The van der Waals surface area contributed by atoms with Crippen molar-refractivity contribution in [3.63, 3.8) is 0 Å². The standard InChI is InChI=1S/C16H11BrFNO/c1-10-15(12-3-2-4-14(18)9-12)16(19-20-10)11-5-7-13(17)8-6-11/h2-9H,1H3. The summed E-state index contributed by atoms with van der Waals surface area (Å²) in [6, 6.07) is 14.2. The van der Waals surface area contributed by atoms with Gasteiger partial charge < -0.3 is 4.52 Å². The van der Waals surface area contributed by atoms with Crippen LogP contribution in [0.1, 0.15) is 5.76 Å². The lowest BCUT2D eigenvalue weighted by atomic mass is 9.99. The fraction of sp³-hybridized carbons (Fsp3) is 0.0625. The average molecular weight is 332 g/mol. The van der Waals surface area contributed by atoms with Crippen LogP contribution in [0.15, 0.2) is 57.5 Å². The Hall–Kier alpha value is -1.94. The van der Waals surface area contributed by atoms with Gasteiger partial charge in [0.05, 0.1) is 5.56 Å². The van der Waals surface area contributed by atoms with Crippen molar-refractivity contribution in [2.45, 2.75) is 6.92 Å². The Bertz CT molecular complexity index is 749. The van der Waals surface area contributed by atoms with E-state index in [1.807, 2.05) is 37.3 Å². The van der Waals surface area contributed by atoms with Gasteiger partial charge >= 0.3 is 0 Å². The molecule has 4 heteroatoms. The van der Waals surface area contributed by atoms with Crippen LogP contribution in [-0.4, -0.2) is 5.16 Å². The summed E-state index contributed by atoms with van der Waals surface area (Å²) in [6.45, 7) is 1.83. The molecule has 1 heterocycles. The maximum Gasteiger partial charge on any atom is 0.142 e. The summed E-state index contributed by atoms with van der Waals surface area (Å²) in [5.41, 5.74) is 3.25. The van der Waals surface area contributed by atoms with Gasteiger partial charge in [-0.3, -0.25) is 0 Å². The molecule has 0 bridgehead atoms. The van der Waals surface area contributed by atoms with Crippen LogP contribution in [0, 0.1) is 12.7 Å². The van der Waals surface area contributed by atoms with Crippen LogP contribution in [-0.2, 0) is 0 Å². The average Bonchev–Trinajstić information content (AvgIpc) is 2.81. The van der Waals surface area contributed by atoms with Crippen LogP contribution < -0.4 is 0 Å². The maximum absolute atomic E-state index is 13.4. The Morgan fingerprint density at radius 1 is 1.05 bits per heavy atom. The number of aryl methyl sites for hydroxylation is 1. The number of aromatic nitrogens is 1. The quantitative estimate of drug-likeness (QED) is 0.643. The van der Waals surface area contributed by atoms with E-state index in [0.29, 0.717) is 5.76 Å². The molecule has 3 aromatic rings. The van der Waals surface area contributed by atoms with Crippen molar-refractivity contribution in [1.29, 1.82) is 0 Å². The number of rotatable bonds is 2. The van der Waals surface area contributed by atoms with Crippen molar-refractivity contribution in [2.24, 2.45) is 0 Å². The predicted molar refractivity (Wildman–Crippen MR) is 79.8 cm³/mol. The smallest absolute Gasteiger partial charge is 0.142 e. The molecule has 0 amide bonds. The molecular formula is C16H11BrFNO. The van der Waals surface area contributed by atoms with Crippen molar-refractivity contribution < 1.29 is 8.91 Å². The number of hydrogen-bond donors (Lipinski definition) is 0. The van der Waals surface area contributed by atoms with Crippen molar-refractivity contribution in [2.75, 3.05) is 0 Å². The molecule has 100 valence electrons. The molecule has 0 atom stereocenters. The zero-order valence-electron chi connectivity index (χ0n) is 10.7. The molecule has 0 spiro atoms. The normalized spacial score (nSPS) is 10.8. The van der Waals surface area contributed by atoms with Crippen LogP contribution >= 0.6 is 15.9 Å². The molecule has 20 heavy (non-hydrogen) atoms. The summed E-state index contributed by atoms with van der Waals surface area (Å²) >= 11 is 3.40. The lowest BCUT2D eigenvalue weighted by Gasteiger charge is -2.03. The van der Waals surface area contributed by atoms with Crippen LogP contribution in [0.25, 0.3) is 22.4 Å². The second-order valence-electron chi connectivity index (χ2n) is 4.48. The molecular weight excluding hydrogens is 321 g/mol. The summed E-state index contributed by atoms with van der Waals surface area (Å²) < 4.78 is 19.7. The maximum atomic E-state index is 13.4. The van der Waals surface area contributed by atoms with Gasteiger partial charge in [0, 0.05) is 10.0 Å². The molecule has 0 aliphatic heterocycles. The van der Waals surface area contributed by atoms with Gasteiger partial charge in [-0.25, -0.2) is 4.39 Å². The third kappa shape index (κ3) is 2.39. The van der Waals surface area contributed by atoms with Gasteiger partial charge in [0.15, 0.2) is 0 Å². The fourth-order valence-electron chi connectivity index (χ4n) is 2.16. The summed E-state index contributed by atoms with van der Waals surface area (Å²) in [4.78, 5) is 0. The zero-order valence-corrected chi connectivity index (χ0v) is 12.3. The van der Waals surface area contributed by atoms with Crippen LogP contribution in [0.3, 0.4) is 0 Å². The first kappa shape index (κ1) is 13.1. The van der Waals surface area contributed by atoms with Gasteiger partial charge in [-0.1, -0.05) is 45.4 Å². The minimum absolute atomic E-state index is 0.273. The monoisotopic (exact) mass is 331 g/mol. The Labute approximate surface area is 124 Å². The van der Waals surface area contributed by atoms with Crippen LogP contribution in [0.5, 0.6) is 0 Å². The molecule has 0 radical (unpaired) electrons. The number of benzene rings is 2. The number of hydrogen-bond acceptors (Lipinski definition) is 2. The highest BCUT2D eigenvalue weighted by Gasteiger charge is 2.16. The summed E-state index contributed by atoms with van der Waals surface area (Å²) in [7, 11) is 0. The molecule has 2 aromatic carbocycles. The van der Waals surface area contributed by atoms with E-state index < -0.39 is 0 Å². The van der Waals surface area contributed by atoms with Crippen LogP contribution in [0.2, 0.25) is 0 Å². The van der Waals surface area contributed by atoms with E-state index in [0.717, 1.165) is 26.9 Å². The molecule has 0 saturated carbocycles. The minimum Gasteiger partial charge on any atom is -0.360 e. The highest BCUT2D eigenvalue weighted by molar-refractivity contribution is 9.10. The Kier molecular flexibility index (Phi) is 3.40. The van der Waals surface area contributed by atoms with Crippen molar-refractivity contribution in [1.82, 2.24) is 5.16 Å². The van der Waals surface area contributed by atoms with E-state index in [2.05, 4.69) is 21.1 Å². The zero-order chi connectivity index (χ0) is 14.1. The van der Waals surface area contributed by atoms with E-state index in [1.54, 1.807) is 6.07 Å². The first-order valence-corrected chi connectivity index (χ1v) is 6.92. The molecule has 0 unspecified atom stereocenters. The van der Waals surface area contributed by atoms with Gasteiger partial charge in [-0.15, -0.1) is 0 Å². The SMILES string of the molecule is Cc1onc(-c2ccc(Br)cc2)c1-c1cccc(F)c1. The summed E-state index contributed by atoms with van der Waals surface area (Å²) in [5, 5.41) is 4.11. The van der Waals surface area contributed by atoms with E-state index in [1.165, 1.54) is 12.1 Å². The van der Waals surface area contributed by atoms with E-state index in [4.69, 9.17) is 4.52 Å². The van der Waals surface area contributed by atoms with Crippen molar-refractivity contribution in [3.8, 4) is 22.4 Å². The number of nitrogens with zero attached hydrogens (tertiary/aromatic N) is 1. The largest absolute Gasteiger partial charge is 0.360 e.